The van der Waals surface area contributed by atoms with Gasteiger partial charge in [-0.25, -0.2) is 9.67 Å². The first-order valence-corrected chi connectivity index (χ1v) is 8.38. The number of halogens is 3. The minimum atomic E-state index is -4.31. The molecule has 1 saturated carbocycles. The second-order valence-corrected chi connectivity index (χ2v) is 6.60. The van der Waals surface area contributed by atoms with Gasteiger partial charge in [-0.3, -0.25) is 0 Å². The summed E-state index contributed by atoms with van der Waals surface area (Å²) in [5, 5.41) is 12.4. The number of hydrogen-bond acceptors (Lipinski definition) is 5. The normalized spacial score (nSPS) is 16.3. The Labute approximate surface area is 135 Å². The van der Waals surface area contributed by atoms with Crippen molar-refractivity contribution in [2.75, 3.05) is 0 Å². The lowest BCUT2D eigenvalue weighted by atomic mass is 10.1. The van der Waals surface area contributed by atoms with E-state index in [9.17, 15) is 13.2 Å². The van der Waals surface area contributed by atoms with Crippen molar-refractivity contribution in [1.29, 1.82) is 0 Å². The smallest absolute Gasteiger partial charge is 0.312 e. The van der Waals surface area contributed by atoms with Crippen molar-refractivity contribution in [2.24, 2.45) is 7.05 Å². The van der Waals surface area contributed by atoms with Crippen LogP contribution in [0.5, 0.6) is 0 Å². The van der Waals surface area contributed by atoms with Crippen molar-refractivity contribution < 1.29 is 13.2 Å². The molecule has 0 saturated heterocycles. The zero-order valence-corrected chi connectivity index (χ0v) is 13.4. The number of thioether (sulfide) groups is 1. The third-order valence-corrected chi connectivity index (χ3v) is 4.84. The van der Waals surface area contributed by atoms with E-state index in [2.05, 4.69) is 20.3 Å². The van der Waals surface area contributed by atoms with Gasteiger partial charge in [0.1, 0.15) is 18.7 Å². The lowest BCUT2D eigenvalue weighted by Gasteiger charge is -2.08. The fraction of sp³-hybridized carbons (Fsp3) is 0.692. The Bertz CT molecular complexity index is 659. The Morgan fingerprint density at radius 3 is 2.65 bits per heavy atom. The second-order valence-electron chi connectivity index (χ2n) is 5.65. The van der Waals surface area contributed by atoms with Crippen molar-refractivity contribution in [3.8, 4) is 0 Å². The summed E-state index contributed by atoms with van der Waals surface area (Å²) in [6.45, 7) is -1.11. The lowest BCUT2D eigenvalue weighted by Crippen LogP contribution is -2.20. The van der Waals surface area contributed by atoms with Crippen LogP contribution >= 0.6 is 11.8 Å². The third kappa shape index (κ3) is 4.04. The fourth-order valence-electron chi connectivity index (χ4n) is 2.69. The van der Waals surface area contributed by atoms with E-state index in [1.165, 1.54) is 11.8 Å². The summed E-state index contributed by atoms with van der Waals surface area (Å²) in [5.74, 6) is 1.34. The van der Waals surface area contributed by atoms with E-state index in [1.54, 1.807) is 17.9 Å². The van der Waals surface area contributed by atoms with E-state index in [0.717, 1.165) is 30.4 Å². The van der Waals surface area contributed by atoms with E-state index in [1.807, 2.05) is 0 Å². The monoisotopic (exact) mass is 346 g/mol. The zero-order valence-electron chi connectivity index (χ0n) is 12.6. The molecule has 3 rings (SSSR count). The molecule has 0 N–H and O–H groups in total. The van der Waals surface area contributed by atoms with Crippen LogP contribution in [-0.4, -0.2) is 35.7 Å². The SMILES string of the molecule is Cn1cnnc1SCc1nc(C2CCCC2)nn1CC(F)(F)F. The molecule has 1 aliphatic rings. The lowest BCUT2D eigenvalue weighted by molar-refractivity contribution is -0.143. The quantitative estimate of drug-likeness (QED) is 0.779. The molecule has 0 atom stereocenters. The highest BCUT2D eigenvalue weighted by Crippen LogP contribution is 2.33. The number of rotatable bonds is 5. The van der Waals surface area contributed by atoms with E-state index < -0.39 is 12.7 Å². The average molecular weight is 346 g/mol. The van der Waals surface area contributed by atoms with E-state index in [0.29, 0.717) is 16.8 Å². The molecular formula is C13H17F3N6S. The average Bonchev–Trinajstić information content (AvgIpc) is 3.16. The Hall–Kier alpha value is -1.58. The summed E-state index contributed by atoms with van der Waals surface area (Å²) in [6, 6.07) is 0. The summed E-state index contributed by atoms with van der Waals surface area (Å²) in [4.78, 5) is 4.38. The van der Waals surface area contributed by atoms with Crippen molar-refractivity contribution in [3.63, 3.8) is 0 Å². The first kappa shape index (κ1) is 16.3. The van der Waals surface area contributed by atoms with Gasteiger partial charge in [0.25, 0.3) is 0 Å². The molecule has 126 valence electrons. The summed E-state index contributed by atoms with van der Waals surface area (Å²) in [5.41, 5.74) is 0. The van der Waals surface area contributed by atoms with Crippen molar-refractivity contribution in [2.45, 2.75) is 55.2 Å². The van der Waals surface area contributed by atoms with Crippen LogP contribution in [0.4, 0.5) is 13.2 Å². The van der Waals surface area contributed by atoms with Crippen LogP contribution < -0.4 is 0 Å². The van der Waals surface area contributed by atoms with Gasteiger partial charge in [-0.1, -0.05) is 24.6 Å². The van der Waals surface area contributed by atoms with Gasteiger partial charge in [0, 0.05) is 13.0 Å². The highest BCUT2D eigenvalue weighted by Gasteiger charge is 2.31. The Kier molecular flexibility index (Phi) is 4.60. The highest BCUT2D eigenvalue weighted by atomic mass is 32.2. The first-order chi connectivity index (χ1) is 10.9. The summed E-state index contributed by atoms with van der Waals surface area (Å²) < 4.78 is 41.0. The van der Waals surface area contributed by atoms with Crippen LogP contribution in [0.3, 0.4) is 0 Å². The standard InChI is InChI=1S/C13H17F3N6S/c1-21-8-17-19-12(21)23-6-10-18-11(9-4-2-3-5-9)20-22(10)7-13(14,15)16/h8-9H,2-7H2,1H3. The molecule has 2 heterocycles. The molecule has 2 aromatic heterocycles. The molecule has 0 amide bonds. The van der Waals surface area contributed by atoms with E-state index >= 15 is 0 Å². The number of alkyl halides is 3. The van der Waals surface area contributed by atoms with Crippen LogP contribution in [0.15, 0.2) is 11.5 Å². The Balaban J connectivity index is 1.79. The predicted molar refractivity (Wildman–Crippen MR) is 77.9 cm³/mol. The van der Waals surface area contributed by atoms with Crippen molar-refractivity contribution >= 4 is 11.8 Å². The maximum Gasteiger partial charge on any atom is 0.408 e. The zero-order chi connectivity index (χ0) is 16.4. The van der Waals surface area contributed by atoms with Gasteiger partial charge in [0.15, 0.2) is 11.0 Å². The summed E-state index contributed by atoms with van der Waals surface area (Å²) in [7, 11) is 1.78. The third-order valence-electron chi connectivity index (χ3n) is 3.81. The van der Waals surface area contributed by atoms with Crippen LogP contribution in [-0.2, 0) is 19.3 Å². The van der Waals surface area contributed by atoms with Crippen LogP contribution in [0.25, 0.3) is 0 Å². The van der Waals surface area contributed by atoms with E-state index in [4.69, 9.17) is 0 Å². The Morgan fingerprint density at radius 1 is 1.30 bits per heavy atom. The molecule has 0 aliphatic heterocycles. The molecular weight excluding hydrogens is 329 g/mol. The Morgan fingerprint density at radius 2 is 2.04 bits per heavy atom. The molecule has 0 aromatic carbocycles. The molecule has 0 radical (unpaired) electrons. The van der Waals surface area contributed by atoms with Crippen LogP contribution in [0, 0.1) is 0 Å². The number of hydrogen-bond donors (Lipinski definition) is 0. The van der Waals surface area contributed by atoms with Crippen molar-refractivity contribution in [3.05, 3.63) is 18.0 Å². The van der Waals surface area contributed by atoms with E-state index in [-0.39, 0.29) is 11.7 Å². The highest BCUT2D eigenvalue weighted by molar-refractivity contribution is 7.98. The van der Waals surface area contributed by atoms with Gasteiger partial charge in [-0.05, 0) is 12.8 Å². The van der Waals surface area contributed by atoms with Gasteiger partial charge in [0.2, 0.25) is 0 Å². The number of aryl methyl sites for hydroxylation is 1. The minimum Gasteiger partial charge on any atom is -0.312 e. The molecule has 23 heavy (non-hydrogen) atoms. The van der Waals surface area contributed by atoms with Crippen molar-refractivity contribution in [1.82, 2.24) is 29.5 Å². The molecule has 10 heteroatoms. The number of aromatic nitrogens is 6. The van der Waals surface area contributed by atoms with Gasteiger partial charge < -0.3 is 4.57 Å². The maximum atomic E-state index is 12.8. The van der Waals surface area contributed by atoms with Crippen LogP contribution in [0.2, 0.25) is 0 Å². The minimum absolute atomic E-state index is 0.183. The molecule has 6 nitrogen and oxygen atoms in total. The fourth-order valence-corrected chi connectivity index (χ4v) is 3.51. The van der Waals surface area contributed by atoms with Gasteiger partial charge >= 0.3 is 6.18 Å². The molecule has 0 bridgehead atoms. The number of nitrogens with zero attached hydrogens (tertiary/aromatic N) is 6. The molecule has 2 aromatic rings. The summed E-state index contributed by atoms with van der Waals surface area (Å²) in [6.07, 6.45) is 1.30. The van der Waals surface area contributed by atoms with Gasteiger partial charge in [-0.15, -0.1) is 10.2 Å². The molecule has 1 fully saturated rings. The van der Waals surface area contributed by atoms with Gasteiger partial charge in [-0.2, -0.15) is 18.3 Å². The van der Waals surface area contributed by atoms with Gasteiger partial charge in [0.05, 0.1) is 5.75 Å². The molecule has 0 unspecified atom stereocenters. The largest absolute Gasteiger partial charge is 0.408 e. The summed E-state index contributed by atoms with van der Waals surface area (Å²) >= 11 is 1.30. The van der Waals surface area contributed by atoms with Crippen LogP contribution in [0.1, 0.15) is 43.3 Å². The first-order valence-electron chi connectivity index (χ1n) is 7.39. The second kappa shape index (κ2) is 6.50. The molecule has 0 spiro atoms. The predicted octanol–water partition coefficient (Wildman–Crippen LogP) is 2.92. The molecule has 1 aliphatic carbocycles. The topological polar surface area (TPSA) is 61.4 Å². The maximum absolute atomic E-state index is 12.8.